The lowest BCUT2D eigenvalue weighted by atomic mass is 9.88. The quantitative estimate of drug-likeness (QED) is 0.633. The molecule has 4 rings (SSSR count). The van der Waals surface area contributed by atoms with Crippen LogP contribution in [0.1, 0.15) is 54.1 Å². The Kier molecular flexibility index (Phi) is 6.80. The van der Waals surface area contributed by atoms with Gasteiger partial charge in [0.15, 0.2) is 0 Å². The topological polar surface area (TPSA) is 23.6 Å². The van der Waals surface area contributed by atoms with Crippen LogP contribution in [0, 0.1) is 11.8 Å². The summed E-state index contributed by atoms with van der Waals surface area (Å²) in [4.78, 5) is 17.7. The molecule has 0 spiro atoms. The van der Waals surface area contributed by atoms with Gasteiger partial charge in [-0.05, 0) is 79.4 Å². The van der Waals surface area contributed by atoms with E-state index >= 15 is 0 Å². The van der Waals surface area contributed by atoms with Crippen LogP contribution < -0.4 is 0 Å². The molecule has 2 saturated heterocycles. The SMILES string of the molecule is CCc1cc(C(=O)N2CC(C)[C@@H](CN3CCC(c4ccccc4)CC3)C2)ccc1Cl. The summed E-state index contributed by atoms with van der Waals surface area (Å²) in [6.07, 6.45) is 3.31. The van der Waals surface area contributed by atoms with Gasteiger partial charge in [0, 0.05) is 30.2 Å². The van der Waals surface area contributed by atoms with E-state index in [9.17, 15) is 4.79 Å². The van der Waals surface area contributed by atoms with Crippen molar-refractivity contribution in [2.24, 2.45) is 11.8 Å². The van der Waals surface area contributed by atoms with Gasteiger partial charge in [-0.1, -0.05) is 55.8 Å². The number of carbonyl (C=O) groups excluding carboxylic acids is 1. The van der Waals surface area contributed by atoms with Crippen molar-refractivity contribution in [1.82, 2.24) is 9.80 Å². The van der Waals surface area contributed by atoms with Gasteiger partial charge < -0.3 is 9.80 Å². The molecule has 2 aliphatic heterocycles. The predicted octanol–water partition coefficient (Wildman–Crippen LogP) is 5.49. The van der Waals surface area contributed by atoms with Gasteiger partial charge in [-0.15, -0.1) is 0 Å². The zero-order chi connectivity index (χ0) is 21.1. The van der Waals surface area contributed by atoms with Gasteiger partial charge in [-0.25, -0.2) is 0 Å². The summed E-state index contributed by atoms with van der Waals surface area (Å²) in [6.45, 7) is 9.52. The van der Waals surface area contributed by atoms with Gasteiger partial charge in [0.05, 0.1) is 0 Å². The number of nitrogens with zero attached hydrogens (tertiary/aromatic N) is 2. The number of aryl methyl sites for hydroxylation is 1. The molecule has 0 aliphatic carbocycles. The normalized spacial score (nSPS) is 23.1. The van der Waals surface area contributed by atoms with E-state index < -0.39 is 0 Å². The Bertz CT molecular complexity index is 861. The average molecular weight is 425 g/mol. The molecule has 1 unspecified atom stereocenters. The van der Waals surface area contributed by atoms with Crippen LogP contribution in [0.4, 0.5) is 0 Å². The molecule has 0 bridgehead atoms. The van der Waals surface area contributed by atoms with Crippen LogP contribution in [0.2, 0.25) is 5.02 Å². The zero-order valence-corrected chi connectivity index (χ0v) is 18.9. The highest BCUT2D eigenvalue weighted by Gasteiger charge is 2.34. The molecule has 3 nitrogen and oxygen atoms in total. The first kappa shape index (κ1) is 21.4. The van der Waals surface area contributed by atoms with Gasteiger partial charge in [0.1, 0.15) is 0 Å². The van der Waals surface area contributed by atoms with Gasteiger partial charge in [-0.3, -0.25) is 4.79 Å². The first-order chi connectivity index (χ1) is 14.5. The molecule has 0 saturated carbocycles. The fraction of sp³-hybridized carbons (Fsp3) is 0.500. The van der Waals surface area contributed by atoms with E-state index in [0.717, 1.165) is 55.3 Å². The Morgan fingerprint density at radius 3 is 2.50 bits per heavy atom. The van der Waals surface area contributed by atoms with E-state index in [2.05, 4.69) is 54.0 Å². The maximum absolute atomic E-state index is 13.1. The van der Waals surface area contributed by atoms with Crippen LogP contribution in [-0.4, -0.2) is 48.4 Å². The number of rotatable bonds is 5. The lowest BCUT2D eigenvalue weighted by Gasteiger charge is -2.34. The Morgan fingerprint density at radius 1 is 1.07 bits per heavy atom. The standard InChI is InChI=1S/C26H33ClN2O/c1-3-20-15-23(9-10-25(20)27)26(30)29-16-19(2)24(18-29)17-28-13-11-22(12-14-28)21-7-5-4-6-8-21/h4-10,15,19,22,24H,3,11-14,16-18H2,1-2H3/t19?,24-/m0/s1. The maximum atomic E-state index is 13.1. The van der Waals surface area contributed by atoms with Crippen molar-refractivity contribution < 1.29 is 4.79 Å². The number of piperidine rings is 1. The molecular formula is C26H33ClN2O. The van der Waals surface area contributed by atoms with Gasteiger partial charge in [0.25, 0.3) is 5.91 Å². The summed E-state index contributed by atoms with van der Waals surface area (Å²) in [6, 6.07) is 16.6. The number of halogens is 1. The van der Waals surface area contributed by atoms with E-state index in [1.54, 1.807) is 0 Å². The molecule has 160 valence electrons. The van der Waals surface area contributed by atoms with Crippen molar-refractivity contribution >= 4 is 17.5 Å². The summed E-state index contributed by atoms with van der Waals surface area (Å²) < 4.78 is 0. The minimum absolute atomic E-state index is 0.151. The Hall–Kier alpha value is -1.84. The van der Waals surface area contributed by atoms with Gasteiger partial charge >= 0.3 is 0 Å². The van der Waals surface area contributed by atoms with Crippen molar-refractivity contribution in [2.75, 3.05) is 32.7 Å². The number of likely N-dealkylation sites (tertiary alicyclic amines) is 2. The Morgan fingerprint density at radius 2 is 1.80 bits per heavy atom. The van der Waals surface area contributed by atoms with E-state index in [0.29, 0.717) is 17.8 Å². The lowest BCUT2D eigenvalue weighted by Crippen LogP contribution is -2.38. The van der Waals surface area contributed by atoms with Crippen LogP contribution in [-0.2, 0) is 6.42 Å². The molecular weight excluding hydrogens is 392 g/mol. The number of benzene rings is 2. The smallest absolute Gasteiger partial charge is 0.253 e. The second kappa shape index (κ2) is 9.53. The van der Waals surface area contributed by atoms with Crippen LogP contribution in [0.15, 0.2) is 48.5 Å². The zero-order valence-electron chi connectivity index (χ0n) is 18.2. The lowest BCUT2D eigenvalue weighted by molar-refractivity contribution is 0.0780. The third kappa shape index (κ3) is 4.73. The summed E-state index contributed by atoms with van der Waals surface area (Å²) >= 11 is 6.23. The minimum Gasteiger partial charge on any atom is -0.338 e. The minimum atomic E-state index is 0.151. The highest BCUT2D eigenvalue weighted by atomic mass is 35.5. The number of hydrogen-bond acceptors (Lipinski definition) is 2. The highest BCUT2D eigenvalue weighted by molar-refractivity contribution is 6.31. The monoisotopic (exact) mass is 424 g/mol. The van der Waals surface area contributed by atoms with E-state index in [4.69, 9.17) is 11.6 Å². The summed E-state index contributed by atoms with van der Waals surface area (Å²) in [7, 11) is 0. The third-order valence-corrected chi connectivity index (χ3v) is 7.45. The van der Waals surface area contributed by atoms with Gasteiger partial charge in [-0.2, -0.15) is 0 Å². The molecule has 2 heterocycles. The van der Waals surface area contributed by atoms with Crippen molar-refractivity contribution in [3.8, 4) is 0 Å². The van der Waals surface area contributed by atoms with Crippen LogP contribution in [0.5, 0.6) is 0 Å². The molecule has 2 aromatic rings. The van der Waals surface area contributed by atoms with Crippen molar-refractivity contribution in [3.63, 3.8) is 0 Å². The molecule has 0 N–H and O–H groups in total. The second-order valence-electron chi connectivity index (χ2n) is 9.09. The fourth-order valence-electron chi connectivity index (χ4n) is 5.10. The van der Waals surface area contributed by atoms with Crippen molar-refractivity contribution in [2.45, 2.75) is 39.0 Å². The fourth-order valence-corrected chi connectivity index (χ4v) is 5.36. The molecule has 0 radical (unpaired) electrons. The van der Waals surface area contributed by atoms with Gasteiger partial charge in [0.2, 0.25) is 0 Å². The number of hydrogen-bond donors (Lipinski definition) is 0. The molecule has 4 heteroatoms. The highest BCUT2D eigenvalue weighted by Crippen LogP contribution is 2.31. The molecule has 2 aromatic carbocycles. The third-order valence-electron chi connectivity index (χ3n) is 7.08. The van der Waals surface area contributed by atoms with E-state index in [1.165, 1.54) is 18.4 Å². The molecule has 2 fully saturated rings. The first-order valence-corrected chi connectivity index (χ1v) is 11.8. The largest absolute Gasteiger partial charge is 0.338 e. The van der Waals surface area contributed by atoms with E-state index in [-0.39, 0.29) is 5.91 Å². The molecule has 2 aliphatic rings. The van der Waals surface area contributed by atoms with Crippen LogP contribution >= 0.6 is 11.6 Å². The summed E-state index contributed by atoms with van der Waals surface area (Å²) in [5.74, 6) is 1.94. The number of carbonyl (C=O) groups is 1. The van der Waals surface area contributed by atoms with Crippen molar-refractivity contribution in [1.29, 1.82) is 0 Å². The predicted molar refractivity (Wildman–Crippen MR) is 124 cm³/mol. The summed E-state index contributed by atoms with van der Waals surface area (Å²) in [5.41, 5.74) is 3.30. The average Bonchev–Trinajstić information content (AvgIpc) is 3.15. The Balaban J connectivity index is 1.32. The van der Waals surface area contributed by atoms with Crippen molar-refractivity contribution in [3.05, 3.63) is 70.2 Å². The van der Waals surface area contributed by atoms with E-state index in [1.807, 2.05) is 18.2 Å². The van der Waals surface area contributed by atoms with Crippen LogP contribution in [0.25, 0.3) is 0 Å². The molecule has 30 heavy (non-hydrogen) atoms. The molecule has 1 amide bonds. The summed E-state index contributed by atoms with van der Waals surface area (Å²) in [5, 5.41) is 0.751. The first-order valence-electron chi connectivity index (χ1n) is 11.4. The van der Waals surface area contributed by atoms with Crippen LogP contribution in [0.3, 0.4) is 0 Å². The molecule has 2 atom stereocenters. The maximum Gasteiger partial charge on any atom is 0.253 e. The Labute approximate surface area is 186 Å². The number of amides is 1. The second-order valence-corrected chi connectivity index (χ2v) is 9.50. The molecule has 0 aromatic heterocycles.